The van der Waals surface area contributed by atoms with Crippen LogP contribution >= 0.6 is 0 Å². The zero-order valence-corrected chi connectivity index (χ0v) is 12.9. The molecule has 2 heteroatoms. The number of aliphatic hydroxyl groups excluding tert-OH is 1. The van der Waals surface area contributed by atoms with Gasteiger partial charge < -0.3 is 10.4 Å². The van der Waals surface area contributed by atoms with Gasteiger partial charge in [0, 0.05) is 12.5 Å². The van der Waals surface area contributed by atoms with Crippen LogP contribution in [0.2, 0.25) is 0 Å². The summed E-state index contributed by atoms with van der Waals surface area (Å²) in [6.45, 7) is 7.04. The van der Waals surface area contributed by atoms with E-state index < -0.39 is 0 Å². The number of hydrogen-bond acceptors (Lipinski definition) is 2. The summed E-state index contributed by atoms with van der Waals surface area (Å²) in [5.74, 6) is 0.0890. The Labute approximate surface area is 121 Å². The summed E-state index contributed by atoms with van der Waals surface area (Å²) in [5.41, 5.74) is 1.08. The third kappa shape index (κ3) is 3.02. The first-order valence-corrected chi connectivity index (χ1v) is 7.25. The summed E-state index contributed by atoms with van der Waals surface area (Å²) < 4.78 is 0. The van der Waals surface area contributed by atoms with E-state index in [2.05, 4.69) is 68.6 Å². The molecule has 2 nitrogen and oxygen atoms in total. The van der Waals surface area contributed by atoms with Gasteiger partial charge in [0.2, 0.25) is 0 Å². The number of benzene rings is 2. The molecule has 2 unspecified atom stereocenters. The van der Waals surface area contributed by atoms with Gasteiger partial charge in [-0.1, -0.05) is 63.2 Å². The van der Waals surface area contributed by atoms with Gasteiger partial charge in [0.05, 0.1) is 6.10 Å². The molecule has 2 aromatic carbocycles. The predicted octanol–water partition coefficient (Wildman–Crippen LogP) is 3.55. The zero-order valence-electron chi connectivity index (χ0n) is 12.9. The molecule has 2 aromatic rings. The van der Waals surface area contributed by atoms with Crippen molar-refractivity contribution >= 4 is 10.8 Å². The lowest BCUT2D eigenvalue weighted by atomic mass is 9.77. The lowest BCUT2D eigenvalue weighted by Crippen LogP contribution is -2.37. The highest BCUT2D eigenvalue weighted by Crippen LogP contribution is 2.34. The van der Waals surface area contributed by atoms with E-state index >= 15 is 0 Å². The van der Waals surface area contributed by atoms with E-state index in [0.29, 0.717) is 0 Å². The Kier molecular flexibility index (Phi) is 4.46. The van der Waals surface area contributed by atoms with Crippen LogP contribution in [0.15, 0.2) is 42.5 Å². The fraction of sp³-hybridized carbons (Fsp3) is 0.444. The van der Waals surface area contributed by atoms with Gasteiger partial charge >= 0.3 is 0 Å². The van der Waals surface area contributed by atoms with E-state index in [1.807, 2.05) is 7.05 Å². The highest BCUT2D eigenvalue weighted by molar-refractivity contribution is 5.86. The highest BCUT2D eigenvalue weighted by atomic mass is 16.3. The Morgan fingerprint density at radius 2 is 1.70 bits per heavy atom. The Bertz CT molecular complexity index is 566. The van der Waals surface area contributed by atoms with Crippen molar-refractivity contribution in [3.05, 3.63) is 48.0 Å². The molecule has 0 radical (unpaired) electrons. The van der Waals surface area contributed by atoms with E-state index in [-0.39, 0.29) is 17.4 Å². The minimum absolute atomic E-state index is 0.0890. The molecule has 0 saturated heterocycles. The molecule has 0 bridgehead atoms. The number of aliphatic hydroxyl groups is 1. The molecular formula is C18H25NO. The monoisotopic (exact) mass is 271 g/mol. The molecule has 2 N–H and O–H groups in total. The smallest absolute Gasteiger partial charge is 0.0669 e. The van der Waals surface area contributed by atoms with Crippen LogP contribution in [-0.4, -0.2) is 24.8 Å². The quantitative estimate of drug-likeness (QED) is 0.891. The molecule has 2 rings (SSSR count). The molecular weight excluding hydrogens is 246 g/mol. The van der Waals surface area contributed by atoms with Crippen LogP contribution in [0.3, 0.4) is 0 Å². The van der Waals surface area contributed by atoms with Crippen molar-refractivity contribution in [2.24, 2.45) is 5.41 Å². The number of fused-ring (bicyclic) bond motifs is 1. The molecule has 0 amide bonds. The van der Waals surface area contributed by atoms with Crippen LogP contribution in [0.4, 0.5) is 0 Å². The van der Waals surface area contributed by atoms with Gasteiger partial charge in [0.15, 0.2) is 0 Å². The Balaban J connectivity index is 2.52. The molecule has 0 spiro atoms. The molecule has 0 aliphatic carbocycles. The van der Waals surface area contributed by atoms with Crippen LogP contribution in [0, 0.1) is 5.41 Å². The van der Waals surface area contributed by atoms with E-state index in [4.69, 9.17) is 0 Å². The summed E-state index contributed by atoms with van der Waals surface area (Å²) in [4.78, 5) is 0. The van der Waals surface area contributed by atoms with Crippen molar-refractivity contribution < 1.29 is 5.11 Å². The van der Waals surface area contributed by atoms with Gasteiger partial charge in [-0.05, 0) is 28.8 Å². The summed E-state index contributed by atoms with van der Waals surface area (Å²) >= 11 is 0. The fourth-order valence-corrected chi connectivity index (χ4v) is 2.79. The van der Waals surface area contributed by atoms with Gasteiger partial charge in [-0.15, -0.1) is 0 Å². The second-order valence-electron chi connectivity index (χ2n) is 6.54. The van der Waals surface area contributed by atoms with Gasteiger partial charge in [-0.25, -0.2) is 0 Å². The number of nitrogens with one attached hydrogen (secondary N) is 1. The SMILES string of the molecule is CNCC(c1cccc2ccccc12)C(O)C(C)(C)C. The predicted molar refractivity (Wildman–Crippen MR) is 86.1 cm³/mol. The summed E-state index contributed by atoms with van der Waals surface area (Å²) in [7, 11) is 1.94. The maximum Gasteiger partial charge on any atom is 0.0669 e. The van der Waals surface area contributed by atoms with E-state index in [1.54, 1.807) is 0 Å². The maximum absolute atomic E-state index is 10.7. The van der Waals surface area contributed by atoms with Gasteiger partial charge in [0.1, 0.15) is 0 Å². The maximum atomic E-state index is 10.7. The first-order chi connectivity index (χ1) is 9.45. The minimum Gasteiger partial charge on any atom is -0.392 e. The van der Waals surface area contributed by atoms with E-state index in [1.165, 1.54) is 16.3 Å². The Morgan fingerprint density at radius 3 is 2.35 bits per heavy atom. The number of rotatable bonds is 4. The van der Waals surface area contributed by atoms with Gasteiger partial charge in [-0.2, -0.15) is 0 Å². The molecule has 0 fully saturated rings. The Hall–Kier alpha value is -1.38. The van der Waals surface area contributed by atoms with Crippen LogP contribution in [0.5, 0.6) is 0 Å². The second kappa shape index (κ2) is 5.94. The molecule has 20 heavy (non-hydrogen) atoms. The van der Waals surface area contributed by atoms with Crippen molar-refractivity contribution in [1.29, 1.82) is 0 Å². The molecule has 0 heterocycles. The first-order valence-electron chi connectivity index (χ1n) is 7.25. The summed E-state index contributed by atoms with van der Waals surface area (Å²) in [6.07, 6.45) is -0.388. The minimum atomic E-state index is -0.388. The van der Waals surface area contributed by atoms with Crippen LogP contribution < -0.4 is 5.32 Å². The van der Waals surface area contributed by atoms with Crippen LogP contribution in [0.1, 0.15) is 32.3 Å². The first kappa shape index (κ1) is 15.0. The van der Waals surface area contributed by atoms with Crippen molar-refractivity contribution in [3.63, 3.8) is 0 Å². The lowest BCUT2D eigenvalue weighted by molar-refractivity contribution is 0.0393. The van der Waals surface area contributed by atoms with Gasteiger partial charge in [-0.3, -0.25) is 0 Å². The van der Waals surface area contributed by atoms with Crippen molar-refractivity contribution in [2.75, 3.05) is 13.6 Å². The number of likely N-dealkylation sites (N-methyl/N-ethyl adjacent to an activating group) is 1. The summed E-state index contributed by atoms with van der Waals surface area (Å²) in [6, 6.07) is 14.7. The normalized spacial score (nSPS) is 15.2. The van der Waals surface area contributed by atoms with Crippen LogP contribution in [0.25, 0.3) is 10.8 Å². The third-order valence-corrected chi connectivity index (χ3v) is 3.92. The standard InChI is InChI=1S/C18H25NO/c1-18(2,3)17(20)16(12-19-4)15-11-7-9-13-8-5-6-10-14(13)15/h5-11,16-17,19-20H,12H2,1-4H3. The Morgan fingerprint density at radius 1 is 1.05 bits per heavy atom. The van der Waals surface area contributed by atoms with Gasteiger partial charge in [0.25, 0.3) is 0 Å². The van der Waals surface area contributed by atoms with Crippen molar-refractivity contribution in [1.82, 2.24) is 5.32 Å². The van der Waals surface area contributed by atoms with Crippen molar-refractivity contribution in [3.8, 4) is 0 Å². The fourth-order valence-electron chi connectivity index (χ4n) is 2.79. The highest BCUT2D eigenvalue weighted by Gasteiger charge is 2.31. The molecule has 0 aliphatic rings. The zero-order chi connectivity index (χ0) is 14.8. The summed E-state index contributed by atoms with van der Waals surface area (Å²) in [5, 5.41) is 16.4. The third-order valence-electron chi connectivity index (χ3n) is 3.92. The molecule has 0 saturated carbocycles. The molecule has 2 atom stereocenters. The largest absolute Gasteiger partial charge is 0.392 e. The second-order valence-corrected chi connectivity index (χ2v) is 6.54. The van der Waals surface area contributed by atoms with E-state index in [9.17, 15) is 5.11 Å². The molecule has 0 aliphatic heterocycles. The van der Waals surface area contributed by atoms with Crippen molar-refractivity contribution in [2.45, 2.75) is 32.8 Å². The average molecular weight is 271 g/mol. The van der Waals surface area contributed by atoms with E-state index in [0.717, 1.165) is 6.54 Å². The molecule has 0 aromatic heterocycles. The lowest BCUT2D eigenvalue weighted by Gasteiger charge is -2.34. The van der Waals surface area contributed by atoms with Crippen LogP contribution in [-0.2, 0) is 0 Å². The molecule has 108 valence electrons. The number of hydrogen-bond donors (Lipinski definition) is 2. The average Bonchev–Trinajstić information content (AvgIpc) is 2.42. The topological polar surface area (TPSA) is 32.3 Å².